The van der Waals surface area contributed by atoms with Crippen LogP contribution >= 0.6 is 0 Å². The minimum absolute atomic E-state index is 0.00861. The van der Waals surface area contributed by atoms with Gasteiger partial charge in [-0.15, -0.1) is 0 Å². The van der Waals surface area contributed by atoms with Crippen molar-refractivity contribution in [1.29, 1.82) is 0 Å². The highest BCUT2D eigenvalue weighted by Crippen LogP contribution is 2.59. The second kappa shape index (κ2) is 27.9. The standard InChI is InChI=1S/C108H74N4/c1-10-34-76(35-11-1)100-97-70-94(88-52-28-31-55-91(88)106(97)110(82-46-22-7-23-47-82)103(100)79-40-16-4-17-41-79)73-58-64-85(65-59-73)109(86-66-60-74(61-67-86)95-71-98-101(77-36-12-2-13-37-77)104(80-42-18-5-19-43-80)111(83-48-24-8-25-49-83)107(98)92-56-32-29-53-89(92)95)87-68-62-75(63-69-87)96-72-99-102(78-38-14-3-15-39-78)105(81-44-20-6-21-45-81)112(84-50-26-9-27-51-84)108(99)93-57-33-30-54-90(93)96/h1-72,97,106H. The van der Waals surface area contributed by atoms with E-state index in [4.69, 9.17) is 0 Å². The summed E-state index contributed by atoms with van der Waals surface area (Å²) < 4.78 is 5.00. The minimum atomic E-state index is 0.00861. The summed E-state index contributed by atoms with van der Waals surface area (Å²) in [5.74, 6) is 0.0193. The lowest BCUT2D eigenvalue weighted by atomic mass is 9.75. The number of benzene rings is 17. The molecule has 0 saturated heterocycles. The number of para-hydroxylation sites is 3. The Balaban J connectivity index is 0.741. The molecule has 2 aliphatic rings. The third-order valence-electron chi connectivity index (χ3n) is 23.0. The number of fused-ring (bicyclic) bond motifs is 9. The number of hydrogen-bond acceptors (Lipinski definition) is 2. The molecular weight excluding hydrogens is 1350 g/mol. The molecule has 1 aliphatic heterocycles. The summed E-state index contributed by atoms with van der Waals surface area (Å²) in [6, 6.07) is 159. The Hall–Kier alpha value is -14.6. The molecule has 3 heterocycles. The zero-order valence-electron chi connectivity index (χ0n) is 61.5. The average molecular weight is 1430 g/mol. The summed E-state index contributed by atoms with van der Waals surface area (Å²) in [6.45, 7) is 0. The predicted octanol–water partition coefficient (Wildman–Crippen LogP) is 28.5. The van der Waals surface area contributed by atoms with E-state index in [9.17, 15) is 0 Å². The molecule has 0 saturated carbocycles. The average Bonchev–Trinajstić information content (AvgIpc) is 1.57. The first kappa shape index (κ1) is 65.7. The van der Waals surface area contributed by atoms with E-state index in [1.165, 1.54) is 122 Å². The van der Waals surface area contributed by atoms with Crippen molar-refractivity contribution in [2.24, 2.45) is 5.92 Å². The molecule has 1 aliphatic carbocycles. The Bertz CT molecular complexity index is 6490. The first-order valence-corrected chi connectivity index (χ1v) is 38.8. The molecular formula is C108H74N4. The maximum atomic E-state index is 2.62. The third kappa shape index (κ3) is 11.1. The van der Waals surface area contributed by atoms with E-state index in [0.717, 1.165) is 67.6 Å². The molecule has 0 radical (unpaired) electrons. The predicted molar refractivity (Wildman–Crippen MR) is 471 cm³/mol. The van der Waals surface area contributed by atoms with Crippen LogP contribution in [0, 0.1) is 5.92 Å². The van der Waals surface area contributed by atoms with Crippen LogP contribution in [-0.2, 0) is 0 Å². The van der Waals surface area contributed by atoms with Crippen LogP contribution in [0.15, 0.2) is 437 Å². The lowest BCUT2D eigenvalue weighted by molar-refractivity contribution is 0.637. The Labute approximate surface area is 652 Å². The van der Waals surface area contributed by atoms with Crippen molar-refractivity contribution in [2.45, 2.75) is 6.04 Å². The van der Waals surface area contributed by atoms with Crippen molar-refractivity contribution in [1.82, 2.24) is 9.13 Å². The SMILES string of the molecule is C1=C(c2ccc(N(c3ccc(-c4cc5c(-c6ccccc6)c(-c6ccccc6)n(-c6ccccc6)c5c5ccccc45)cc3)c3ccc(-c4cc5c(-c6ccccc6)c(-c6ccccc6)n(-c6ccccc6)c5c5ccccc45)cc3)cc2)c2ccccc2C2C1C(c1ccccc1)=C(c1ccccc1)N2c1ccccc1. The summed E-state index contributed by atoms with van der Waals surface area (Å²) in [4.78, 5) is 5.06. The van der Waals surface area contributed by atoms with E-state index in [-0.39, 0.29) is 12.0 Å². The normalized spacial score (nSPS) is 13.9. The van der Waals surface area contributed by atoms with Crippen LogP contribution in [0.1, 0.15) is 33.9 Å². The van der Waals surface area contributed by atoms with E-state index in [1.54, 1.807) is 0 Å². The fraction of sp³-hybridized carbons (Fsp3) is 0.0185. The highest BCUT2D eigenvalue weighted by Gasteiger charge is 2.46. The molecule has 526 valence electrons. The van der Waals surface area contributed by atoms with Crippen molar-refractivity contribution in [3.05, 3.63) is 465 Å². The van der Waals surface area contributed by atoms with Crippen LogP contribution in [0.25, 0.3) is 139 Å². The van der Waals surface area contributed by atoms with Crippen LogP contribution in [-0.4, -0.2) is 9.13 Å². The van der Waals surface area contributed by atoms with Crippen molar-refractivity contribution < 1.29 is 0 Å². The first-order chi connectivity index (χ1) is 55.6. The highest BCUT2D eigenvalue weighted by molar-refractivity contribution is 6.22. The van der Waals surface area contributed by atoms with Gasteiger partial charge in [0, 0.05) is 72.7 Å². The van der Waals surface area contributed by atoms with Crippen molar-refractivity contribution in [2.75, 3.05) is 9.80 Å². The monoisotopic (exact) mass is 1430 g/mol. The molecule has 4 nitrogen and oxygen atoms in total. The van der Waals surface area contributed by atoms with Gasteiger partial charge in [-0.1, -0.05) is 352 Å². The van der Waals surface area contributed by atoms with E-state index < -0.39 is 0 Å². The molecule has 2 atom stereocenters. The number of aromatic nitrogens is 2. The smallest absolute Gasteiger partial charge is 0.0702 e. The van der Waals surface area contributed by atoms with Gasteiger partial charge in [0.2, 0.25) is 0 Å². The maximum Gasteiger partial charge on any atom is 0.0702 e. The molecule has 0 bridgehead atoms. The molecule has 112 heavy (non-hydrogen) atoms. The third-order valence-corrected chi connectivity index (χ3v) is 23.0. The lowest BCUT2D eigenvalue weighted by Gasteiger charge is -2.37. The molecule has 0 N–H and O–H groups in total. The van der Waals surface area contributed by atoms with Gasteiger partial charge in [-0.2, -0.15) is 0 Å². The number of rotatable bonds is 15. The van der Waals surface area contributed by atoms with Gasteiger partial charge in [0.05, 0.1) is 34.2 Å². The highest BCUT2D eigenvalue weighted by atomic mass is 15.2. The molecule has 17 aromatic carbocycles. The van der Waals surface area contributed by atoms with Gasteiger partial charge in [0.15, 0.2) is 0 Å². The van der Waals surface area contributed by atoms with E-state index in [2.05, 4.69) is 456 Å². The largest absolute Gasteiger partial charge is 0.332 e. The first-order valence-electron chi connectivity index (χ1n) is 38.8. The van der Waals surface area contributed by atoms with Gasteiger partial charge in [-0.25, -0.2) is 0 Å². The molecule has 0 amide bonds. The number of nitrogens with zero attached hydrogens (tertiary/aromatic N) is 4. The molecule has 0 spiro atoms. The second-order valence-corrected chi connectivity index (χ2v) is 29.3. The van der Waals surface area contributed by atoms with Gasteiger partial charge < -0.3 is 18.9 Å². The molecule has 4 heteroatoms. The summed E-state index contributed by atoms with van der Waals surface area (Å²) in [6.07, 6.45) is 2.58. The topological polar surface area (TPSA) is 16.3 Å². The minimum Gasteiger partial charge on any atom is -0.332 e. The Morgan fingerprint density at radius 2 is 0.562 bits per heavy atom. The lowest BCUT2D eigenvalue weighted by Crippen LogP contribution is -2.28. The van der Waals surface area contributed by atoms with Crippen LogP contribution in [0.3, 0.4) is 0 Å². The Kier molecular flexibility index (Phi) is 16.4. The fourth-order valence-electron chi connectivity index (χ4n) is 18.3. The van der Waals surface area contributed by atoms with Gasteiger partial charge in [-0.3, -0.25) is 0 Å². The van der Waals surface area contributed by atoms with Crippen molar-refractivity contribution in [3.63, 3.8) is 0 Å². The van der Waals surface area contributed by atoms with Gasteiger partial charge in [0.1, 0.15) is 0 Å². The summed E-state index contributed by atoms with van der Waals surface area (Å²) >= 11 is 0. The van der Waals surface area contributed by atoms with Crippen LogP contribution < -0.4 is 9.80 Å². The molecule has 2 unspecified atom stereocenters. The quantitative estimate of drug-likeness (QED) is 0.102. The molecule has 2 aromatic heterocycles. The van der Waals surface area contributed by atoms with Crippen LogP contribution in [0.2, 0.25) is 0 Å². The van der Waals surface area contributed by atoms with Gasteiger partial charge >= 0.3 is 0 Å². The van der Waals surface area contributed by atoms with Crippen LogP contribution in [0.4, 0.5) is 22.7 Å². The van der Waals surface area contributed by atoms with Crippen LogP contribution in [0.5, 0.6) is 0 Å². The zero-order chi connectivity index (χ0) is 74.0. The van der Waals surface area contributed by atoms with Gasteiger partial charge in [-0.05, 0) is 179 Å². The zero-order valence-corrected chi connectivity index (χ0v) is 61.5. The Morgan fingerprint density at radius 1 is 0.232 bits per heavy atom. The van der Waals surface area contributed by atoms with Crippen molar-refractivity contribution in [3.8, 4) is 78.4 Å². The summed E-state index contributed by atoms with van der Waals surface area (Å²) in [5.41, 5.74) is 32.8. The van der Waals surface area contributed by atoms with E-state index in [0.29, 0.717) is 0 Å². The summed E-state index contributed by atoms with van der Waals surface area (Å²) in [7, 11) is 0. The summed E-state index contributed by atoms with van der Waals surface area (Å²) in [5, 5.41) is 7.14. The molecule has 0 fully saturated rings. The van der Waals surface area contributed by atoms with E-state index >= 15 is 0 Å². The Morgan fingerprint density at radius 3 is 0.982 bits per heavy atom. The molecule has 21 rings (SSSR count). The van der Waals surface area contributed by atoms with Crippen molar-refractivity contribution >= 4 is 82.9 Å². The van der Waals surface area contributed by atoms with Gasteiger partial charge in [0.25, 0.3) is 0 Å². The fourth-order valence-corrected chi connectivity index (χ4v) is 18.3. The number of hydrogen-bond donors (Lipinski definition) is 0. The second-order valence-electron chi connectivity index (χ2n) is 29.3. The van der Waals surface area contributed by atoms with E-state index in [1.807, 2.05) is 0 Å². The maximum absolute atomic E-state index is 2.62. The molecule has 19 aromatic rings. The number of anilines is 4.